The third kappa shape index (κ3) is 3.74. The lowest BCUT2D eigenvalue weighted by Gasteiger charge is -2.25. The van der Waals surface area contributed by atoms with Crippen molar-refractivity contribution in [3.63, 3.8) is 0 Å². The molecule has 0 spiro atoms. The van der Waals surface area contributed by atoms with Gasteiger partial charge >= 0.3 is 0 Å². The number of hydrogen-bond acceptors (Lipinski definition) is 4. The highest BCUT2D eigenvalue weighted by atomic mass is 32.1. The first-order valence-corrected chi connectivity index (χ1v) is 7.90. The summed E-state index contributed by atoms with van der Waals surface area (Å²) in [6.45, 7) is 3.93. The van der Waals surface area contributed by atoms with Gasteiger partial charge in [-0.2, -0.15) is 0 Å². The molecule has 22 heavy (non-hydrogen) atoms. The zero-order valence-electron chi connectivity index (χ0n) is 13.2. The van der Waals surface area contributed by atoms with Crippen molar-refractivity contribution in [1.82, 2.24) is 9.88 Å². The van der Waals surface area contributed by atoms with Gasteiger partial charge in [0, 0.05) is 24.1 Å². The minimum atomic E-state index is -0.0783. The summed E-state index contributed by atoms with van der Waals surface area (Å²) in [4.78, 5) is 18.3. The van der Waals surface area contributed by atoms with Gasteiger partial charge in [0.1, 0.15) is 5.75 Å². The number of methoxy groups -OCH3 is 1. The molecule has 0 bridgehead atoms. The molecule has 0 aliphatic rings. The molecule has 0 saturated heterocycles. The van der Waals surface area contributed by atoms with Gasteiger partial charge in [0.05, 0.1) is 23.9 Å². The Hall–Kier alpha value is -2.14. The van der Waals surface area contributed by atoms with E-state index in [0.29, 0.717) is 0 Å². The number of aryl methyl sites for hydroxylation is 1. The predicted molar refractivity (Wildman–Crippen MR) is 90.1 cm³/mol. The van der Waals surface area contributed by atoms with Crippen LogP contribution in [0.2, 0.25) is 0 Å². The Bertz CT molecular complexity index is 679. The second-order valence-electron chi connectivity index (χ2n) is 4.99. The molecule has 2 rings (SSSR count). The van der Waals surface area contributed by atoms with Crippen LogP contribution >= 0.6 is 11.3 Å². The monoisotopic (exact) mass is 316 g/mol. The van der Waals surface area contributed by atoms with Crippen molar-refractivity contribution < 1.29 is 9.53 Å². The van der Waals surface area contributed by atoms with Crippen LogP contribution < -0.4 is 4.74 Å². The van der Waals surface area contributed by atoms with Crippen LogP contribution in [0.3, 0.4) is 0 Å². The fourth-order valence-corrected chi connectivity index (χ4v) is 2.72. The SMILES string of the molecule is COc1ccccc1[C@@H](C)N(C)C(=O)/C=C/c1csc(C)n1. The molecule has 2 aromatic rings. The summed E-state index contributed by atoms with van der Waals surface area (Å²) in [6.07, 6.45) is 3.30. The smallest absolute Gasteiger partial charge is 0.246 e. The van der Waals surface area contributed by atoms with Crippen molar-refractivity contribution in [1.29, 1.82) is 0 Å². The Morgan fingerprint density at radius 3 is 2.77 bits per heavy atom. The Balaban J connectivity index is 2.11. The third-order valence-corrected chi connectivity index (χ3v) is 4.34. The van der Waals surface area contributed by atoms with Crippen molar-refractivity contribution in [3.05, 3.63) is 52.0 Å². The number of carbonyl (C=O) groups is 1. The summed E-state index contributed by atoms with van der Waals surface area (Å²) in [5.41, 5.74) is 1.80. The van der Waals surface area contributed by atoms with Gasteiger partial charge in [-0.3, -0.25) is 4.79 Å². The molecule has 0 saturated carbocycles. The van der Waals surface area contributed by atoms with Crippen LogP contribution in [-0.2, 0) is 4.79 Å². The van der Waals surface area contributed by atoms with Crippen molar-refractivity contribution >= 4 is 23.3 Å². The molecule has 0 radical (unpaired) electrons. The second-order valence-corrected chi connectivity index (χ2v) is 6.05. The normalized spacial score (nSPS) is 12.4. The minimum absolute atomic E-state index is 0.0657. The van der Waals surface area contributed by atoms with Crippen LogP contribution in [0, 0.1) is 6.92 Å². The van der Waals surface area contributed by atoms with Crippen LogP contribution in [0.1, 0.15) is 29.2 Å². The Labute approximate surface area is 135 Å². The summed E-state index contributed by atoms with van der Waals surface area (Å²) in [6, 6.07) is 7.66. The molecule has 0 fully saturated rings. The van der Waals surface area contributed by atoms with Gasteiger partial charge in [-0.15, -0.1) is 11.3 Å². The summed E-state index contributed by atoms with van der Waals surface area (Å²) in [5, 5.41) is 2.92. The average molecular weight is 316 g/mol. The van der Waals surface area contributed by atoms with Gasteiger partial charge in [-0.1, -0.05) is 18.2 Å². The van der Waals surface area contributed by atoms with Crippen molar-refractivity contribution in [2.75, 3.05) is 14.2 Å². The molecule has 1 amide bonds. The number of carbonyl (C=O) groups excluding carboxylic acids is 1. The molecule has 0 N–H and O–H groups in total. The van der Waals surface area contributed by atoms with E-state index in [-0.39, 0.29) is 11.9 Å². The third-order valence-electron chi connectivity index (χ3n) is 3.55. The number of ether oxygens (including phenoxy) is 1. The van der Waals surface area contributed by atoms with E-state index in [4.69, 9.17) is 4.74 Å². The molecule has 5 heteroatoms. The Morgan fingerprint density at radius 1 is 1.41 bits per heavy atom. The Kier molecular flexibility index (Phi) is 5.33. The topological polar surface area (TPSA) is 42.4 Å². The fraction of sp³-hybridized carbons (Fsp3) is 0.294. The van der Waals surface area contributed by atoms with E-state index in [0.717, 1.165) is 22.0 Å². The van der Waals surface area contributed by atoms with Crippen LogP contribution in [0.5, 0.6) is 5.75 Å². The van der Waals surface area contributed by atoms with Gasteiger partial charge in [0.25, 0.3) is 0 Å². The first kappa shape index (κ1) is 16.2. The number of amides is 1. The number of aromatic nitrogens is 1. The average Bonchev–Trinajstić information content (AvgIpc) is 2.96. The summed E-state index contributed by atoms with van der Waals surface area (Å²) >= 11 is 1.57. The van der Waals surface area contributed by atoms with E-state index in [1.165, 1.54) is 0 Å². The molecule has 1 aromatic heterocycles. The zero-order valence-corrected chi connectivity index (χ0v) is 14.1. The molecule has 116 valence electrons. The quantitative estimate of drug-likeness (QED) is 0.790. The lowest BCUT2D eigenvalue weighted by molar-refractivity contribution is -0.126. The van der Waals surface area contributed by atoms with Crippen LogP contribution in [0.4, 0.5) is 0 Å². The van der Waals surface area contributed by atoms with Crippen molar-refractivity contribution in [3.8, 4) is 5.75 Å². The lowest BCUT2D eigenvalue weighted by atomic mass is 10.1. The number of benzene rings is 1. The molecule has 1 aromatic carbocycles. The molecule has 1 atom stereocenters. The predicted octanol–water partition coefficient (Wildman–Crippen LogP) is 3.69. The summed E-state index contributed by atoms with van der Waals surface area (Å²) in [7, 11) is 3.42. The van der Waals surface area contributed by atoms with Gasteiger partial charge in [-0.25, -0.2) is 4.98 Å². The summed E-state index contributed by atoms with van der Waals surface area (Å²) < 4.78 is 5.36. The van der Waals surface area contributed by atoms with Crippen molar-refractivity contribution in [2.24, 2.45) is 0 Å². The molecule has 0 unspecified atom stereocenters. The lowest BCUT2D eigenvalue weighted by Crippen LogP contribution is -2.28. The molecular weight excluding hydrogens is 296 g/mol. The van der Waals surface area contributed by atoms with E-state index in [1.54, 1.807) is 42.5 Å². The number of nitrogens with zero attached hydrogens (tertiary/aromatic N) is 2. The van der Waals surface area contributed by atoms with Crippen LogP contribution in [0.15, 0.2) is 35.7 Å². The maximum Gasteiger partial charge on any atom is 0.246 e. The van der Waals surface area contributed by atoms with Gasteiger partial charge in [0.2, 0.25) is 5.91 Å². The molecular formula is C17H20N2O2S. The summed E-state index contributed by atoms with van der Waals surface area (Å²) in [5.74, 6) is 0.720. The second kappa shape index (κ2) is 7.22. The highest BCUT2D eigenvalue weighted by Gasteiger charge is 2.18. The van der Waals surface area contributed by atoms with Gasteiger partial charge in [-0.05, 0) is 26.0 Å². The van der Waals surface area contributed by atoms with E-state index in [1.807, 2.05) is 43.5 Å². The standard InChI is InChI=1S/C17H20N2O2S/c1-12(15-7-5-6-8-16(15)21-4)19(3)17(20)10-9-14-11-22-13(2)18-14/h5-12H,1-4H3/b10-9+/t12-/m1/s1. The maximum atomic E-state index is 12.3. The largest absolute Gasteiger partial charge is 0.496 e. The number of rotatable bonds is 5. The fourth-order valence-electron chi connectivity index (χ4n) is 2.14. The van der Waals surface area contributed by atoms with Gasteiger partial charge in [0.15, 0.2) is 0 Å². The highest BCUT2D eigenvalue weighted by Crippen LogP contribution is 2.28. The van der Waals surface area contributed by atoms with E-state index >= 15 is 0 Å². The Morgan fingerprint density at radius 2 is 2.14 bits per heavy atom. The molecule has 4 nitrogen and oxygen atoms in total. The molecule has 0 aliphatic carbocycles. The van der Waals surface area contributed by atoms with E-state index in [9.17, 15) is 4.79 Å². The van der Waals surface area contributed by atoms with Crippen LogP contribution in [0.25, 0.3) is 6.08 Å². The zero-order chi connectivity index (χ0) is 16.1. The number of para-hydroxylation sites is 1. The van der Waals surface area contributed by atoms with Gasteiger partial charge < -0.3 is 9.64 Å². The van der Waals surface area contributed by atoms with E-state index in [2.05, 4.69) is 4.98 Å². The maximum absolute atomic E-state index is 12.3. The minimum Gasteiger partial charge on any atom is -0.496 e. The number of thiazole rings is 1. The molecule has 1 heterocycles. The van der Waals surface area contributed by atoms with Crippen molar-refractivity contribution in [2.45, 2.75) is 19.9 Å². The highest BCUT2D eigenvalue weighted by molar-refractivity contribution is 7.09. The number of hydrogen-bond donors (Lipinski definition) is 0. The van der Waals surface area contributed by atoms with Crippen LogP contribution in [-0.4, -0.2) is 29.9 Å². The van der Waals surface area contributed by atoms with E-state index < -0.39 is 0 Å². The first-order chi connectivity index (χ1) is 10.5. The molecule has 0 aliphatic heterocycles. The first-order valence-electron chi connectivity index (χ1n) is 7.03. The number of likely N-dealkylation sites (N-methyl/N-ethyl adjacent to an activating group) is 1.